The summed E-state index contributed by atoms with van der Waals surface area (Å²) in [5.41, 5.74) is 1.18. The third-order valence-electron chi connectivity index (χ3n) is 1.83. The molecule has 0 aliphatic carbocycles. The summed E-state index contributed by atoms with van der Waals surface area (Å²) in [5.74, 6) is 0. The molecule has 2 nitrogen and oxygen atoms in total. The molecule has 0 bridgehead atoms. The van der Waals surface area contributed by atoms with E-state index in [-0.39, 0.29) is 14.5 Å². The normalized spacial score (nSPS) is 9.64. The molecule has 0 saturated carbocycles. The third kappa shape index (κ3) is 1.93. The molecule has 0 radical (unpaired) electrons. The SMILES string of the molecule is N#CCc1cnc(-c2ccccc2)[se]1. The van der Waals surface area contributed by atoms with Crippen LogP contribution in [-0.4, -0.2) is 19.5 Å². The van der Waals surface area contributed by atoms with Gasteiger partial charge in [0.05, 0.1) is 0 Å². The van der Waals surface area contributed by atoms with Crippen molar-refractivity contribution in [1.82, 2.24) is 4.98 Å². The molecular weight excluding hydrogens is 239 g/mol. The Bertz CT molecular complexity index is 454. The number of aromatic nitrogens is 1. The van der Waals surface area contributed by atoms with Crippen LogP contribution in [0, 0.1) is 11.3 Å². The Labute approximate surface area is 88.6 Å². The fourth-order valence-electron chi connectivity index (χ4n) is 1.18. The Kier molecular flexibility index (Phi) is 2.78. The van der Waals surface area contributed by atoms with Gasteiger partial charge in [-0.3, -0.25) is 0 Å². The summed E-state index contributed by atoms with van der Waals surface area (Å²) in [6.07, 6.45) is 2.35. The van der Waals surface area contributed by atoms with Crippen molar-refractivity contribution in [2.75, 3.05) is 0 Å². The summed E-state index contributed by atoms with van der Waals surface area (Å²) in [4.78, 5) is 4.34. The van der Waals surface area contributed by atoms with E-state index in [0.717, 1.165) is 4.57 Å². The summed E-state index contributed by atoms with van der Waals surface area (Å²) in [7, 11) is 0. The molecule has 14 heavy (non-hydrogen) atoms. The van der Waals surface area contributed by atoms with Crippen molar-refractivity contribution in [3.8, 4) is 16.2 Å². The first-order valence-corrected chi connectivity index (χ1v) is 5.98. The number of hydrogen-bond acceptors (Lipinski definition) is 2. The molecular formula is C11H8N2Se. The van der Waals surface area contributed by atoms with Gasteiger partial charge in [0.1, 0.15) is 0 Å². The maximum atomic E-state index is 8.55. The predicted octanol–water partition coefficient (Wildman–Crippen LogP) is 1.87. The van der Waals surface area contributed by atoms with Crippen molar-refractivity contribution in [1.29, 1.82) is 5.26 Å². The molecule has 0 unspecified atom stereocenters. The molecule has 0 saturated heterocycles. The van der Waals surface area contributed by atoms with Crippen LogP contribution >= 0.6 is 0 Å². The Morgan fingerprint density at radius 1 is 1.29 bits per heavy atom. The number of benzene rings is 1. The van der Waals surface area contributed by atoms with Crippen LogP contribution in [0.4, 0.5) is 0 Å². The zero-order valence-corrected chi connectivity index (χ0v) is 9.19. The van der Waals surface area contributed by atoms with Gasteiger partial charge >= 0.3 is 88.3 Å². The Morgan fingerprint density at radius 3 is 2.79 bits per heavy atom. The molecule has 0 N–H and O–H groups in total. The standard InChI is InChI=1S/C11H8N2Se/c12-7-6-10-8-13-11(14-10)9-4-2-1-3-5-9/h1-5,8H,6H2. The van der Waals surface area contributed by atoms with E-state index in [4.69, 9.17) is 5.26 Å². The van der Waals surface area contributed by atoms with E-state index in [1.54, 1.807) is 0 Å². The van der Waals surface area contributed by atoms with Crippen molar-refractivity contribution in [2.24, 2.45) is 0 Å². The fraction of sp³-hybridized carbons (Fsp3) is 0.0909. The third-order valence-corrected chi connectivity index (χ3v) is 4.02. The van der Waals surface area contributed by atoms with Crippen LogP contribution in [-0.2, 0) is 6.42 Å². The molecule has 2 aromatic rings. The van der Waals surface area contributed by atoms with Crippen molar-refractivity contribution in [3.63, 3.8) is 0 Å². The average molecular weight is 247 g/mol. The molecule has 1 heterocycles. The zero-order valence-electron chi connectivity index (χ0n) is 7.47. The first-order chi connectivity index (χ1) is 6.90. The van der Waals surface area contributed by atoms with Gasteiger partial charge in [-0.25, -0.2) is 0 Å². The second-order valence-electron chi connectivity index (χ2n) is 2.83. The van der Waals surface area contributed by atoms with Crippen molar-refractivity contribution in [3.05, 3.63) is 41.0 Å². The van der Waals surface area contributed by atoms with E-state index in [0.29, 0.717) is 6.42 Å². The van der Waals surface area contributed by atoms with Gasteiger partial charge < -0.3 is 0 Å². The predicted molar refractivity (Wildman–Crippen MR) is 55.9 cm³/mol. The summed E-state index contributed by atoms with van der Waals surface area (Å²) in [5, 5.41) is 8.55. The van der Waals surface area contributed by atoms with Gasteiger partial charge in [0.15, 0.2) is 0 Å². The van der Waals surface area contributed by atoms with Crippen LogP contribution < -0.4 is 0 Å². The fourth-order valence-corrected chi connectivity index (χ4v) is 2.96. The summed E-state index contributed by atoms with van der Waals surface area (Å²) >= 11 is 0.247. The van der Waals surface area contributed by atoms with Crippen LogP contribution in [0.3, 0.4) is 0 Å². The first kappa shape index (κ1) is 9.20. The number of nitrogens with zero attached hydrogens (tertiary/aromatic N) is 2. The molecule has 1 aromatic carbocycles. The Balaban J connectivity index is 2.31. The van der Waals surface area contributed by atoms with E-state index in [2.05, 4.69) is 23.2 Å². The second kappa shape index (κ2) is 4.23. The summed E-state index contributed by atoms with van der Waals surface area (Å²) < 4.78 is 2.29. The van der Waals surface area contributed by atoms with Gasteiger partial charge in [0.25, 0.3) is 0 Å². The minimum absolute atomic E-state index is 0.247. The van der Waals surface area contributed by atoms with Crippen molar-refractivity contribution >= 4 is 14.5 Å². The van der Waals surface area contributed by atoms with Gasteiger partial charge in [0.2, 0.25) is 0 Å². The molecule has 68 valence electrons. The molecule has 2 rings (SSSR count). The van der Waals surface area contributed by atoms with Crippen molar-refractivity contribution in [2.45, 2.75) is 6.42 Å². The quantitative estimate of drug-likeness (QED) is 0.759. The van der Waals surface area contributed by atoms with Gasteiger partial charge in [-0.05, 0) is 0 Å². The van der Waals surface area contributed by atoms with Crippen LogP contribution in [0.15, 0.2) is 36.5 Å². The van der Waals surface area contributed by atoms with E-state index >= 15 is 0 Å². The monoisotopic (exact) mass is 248 g/mol. The Hall–Kier alpha value is -1.36. The molecule has 0 aliphatic rings. The van der Waals surface area contributed by atoms with Crippen LogP contribution in [0.1, 0.15) is 4.44 Å². The summed E-state index contributed by atoms with van der Waals surface area (Å²) in [6, 6.07) is 12.3. The van der Waals surface area contributed by atoms with Gasteiger partial charge in [-0.1, -0.05) is 0 Å². The van der Waals surface area contributed by atoms with E-state index in [1.807, 2.05) is 24.4 Å². The van der Waals surface area contributed by atoms with E-state index in [9.17, 15) is 0 Å². The molecule has 0 aliphatic heterocycles. The molecule has 3 heteroatoms. The number of nitriles is 1. The zero-order chi connectivity index (χ0) is 9.80. The number of rotatable bonds is 2. The van der Waals surface area contributed by atoms with Crippen LogP contribution in [0.25, 0.3) is 10.1 Å². The Morgan fingerprint density at radius 2 is 2.07 bits per heavy atom. The molecule has 0 amide bonds. The van der Waals surface area contributed by atoms with Gasteiger partial charge in [-0.15, -0.1) is 0 Å². The topological polar surface area (TPSA) is 36.7 Å². The van der Waals surface area contributed by atoms with Gasteiger partial charge in [0, 0.05) is 0 Å². The molecule has 0 fully saturated rings. The van der Waals surface area contributed by atoms with Crippen LogP contribution in [0.5, 0.6) is 0 Å². The first-order valence-electron chi connectivity index (χ1n) is 4.27. The molecule has 0 spiro atoms. The molecule has 1 aromatic heterocycles. The number of hydrogen-bond donors (Lipinski definition) is 0. The van der Waals surface area contributed by atoms with Gasteiger partial charge in [-0.2, -0.15) is 0 Å². The molecule has 0 atom stereocenters. The van der Waals surface area contributed by atoms with Crippen molar-refractivity contribution < 1.29 is 0 Å². The average Bonchev–Trinajstić information content (AvgIpc) is 2.68. The van der Waals surface area contributed by atoms with E-state index < -0.39 is 0 Å². The minimum atomic E-state index is 0.247. The van der Waals surface area contributed by atoms with E-state index in [1.165, 1.54) is 10.0 Å². The summed E-state index contributed by atoms with van der Waals surface area (Å²) in [6.45, 7) is 0. The van der Waals surface area contributed by atoms with Crippen LogP contribution in [0.2, 0.25) is 0 Å². The second-order valence-corrected chi connectivity index (χ2v) is 5.17. The maximum absolute atomic E-state index is 8.55.